The lowest BCUT2D eigenvalue weighted by molar-refractivity contribution is 0.0962. The van der Waals surface area contributed by atoms with E-state index < -0.39 is 0 Å². The second-order valence-corrected chi connectivity index (χ2v) is 6.73. The summed E-state index contributed by atoms with van der Waals surface area (Å²) in [5.74, 6) is -0.0227. The molecule has 3 nitrogen and oxygen atoms in total. The third kappa shape index (κ3) is 3.97. The van der Waals surface area contributed by atoms with Crippen molar-refractivity contribution in [2.45, 2.75) is 45.1 Å². The van der Waals surface area contributed by atoms with Gasteiger partial charge in [0.1, 0.15) is 0 Å². The predicted octanol–water partition coefficient (Wildman–Crippen LogP) is 4.30. The smallest absolute Gasteiger partial charge is 0.251 e. The molecule has 0 heterocycles. The van der Waals surface area contributed by atoms with Crippen LogP contribution < -0.4 is 10.6 Å². The van der Waals surface area contributed by atoms with E-state index in [1.807, 2.05) is 19.1 Å². The number of hydrogen-bond donors (Lipinski definition) is 2. The van der Waals surface area contributed by atoms with E-state index in [9.17, 15) is 4.79 Å². The normalized spacial score (nSPS) is 14.6. The number of benzene rings is 2. The number of carbonyl (C=O) groups excluding carboxylic acids is 1. The van der Waals surface area contributed by atoms with Crippen LogP contribution in [0.5, 0.6) is 0 Å². The summed E-state index contributed by atoms with van der Waals surface area (Å²) in [6.07, 6.45) is 6.10. The van der Waals surface area contributed by atoms with Crippen molar-refractivity contribution in [3.05, 3.63) is 64.7 Å². The van der Waals surface area contributed by atoms with Crippen LogP contribution in [-0.2, 0) is 6.42 Å². The zero-order chi connectivity index (χ0) is 16.9. The molecule has 2 N–H and O–H groups in total. The van der Waals surface area contributed by atoms with Crippen LogP contribution in [0.2, 0.25) is 0 Å². The molecule has 0 aliphatic heterocycles. The van der Waals surface area contributed by atoms with E-state index in [0.29, 0.717) is 6.04 Å². The van der Waals surface area contributed by atoms with E-state index in [2.05, 4.69) is 41.0 Å². The third-order valence-electron chi connectivity index (χ3n) is 4.86. The fraction of sp³-hybridized carbons (Fsp3) is 0.381. The van der Waals surface area contributed by atoms with Crippen molar-refractivity contribution >= 4 is 11.6 Å². The van der Waals surface area contributed by atoms with Gasteiger partial charge >= 0.3 is 0 Å². The van der Waals surface area contributed by atoms with Crippen LogP contribution in [0.4, 0.5) is 5.69 Å². The molecule has 126 valence electrons. The Morgan fingerprint density at radius 3 is 2.38 bits per heavy atom. The van der Waals surface area contributed by atoms with Crippen molar-refractivity contribution in [2.24, 2.45) is 0 Å². The second kappa shape index (κ2) is 7.52. The number of rotatable bonds is 5. The molecule has 1 aliphatic rings. The van der Waals surface area contributed by atoms with Gasteiger partial charge in [0.15, 0.2) is 0 Å². The van der Waals surface area contributed by atoms with E-state index in [4.69, 9.17) is 0 Å². The molecule has 0 bridgehead atoms. The molecule has 1 amide bonds. The highest BCUT2D eigenvalue weighted by Gasteiger charge is 2.14. The third-order valence-corrected chi connectivity index (χ3v) is 4.86. The van der Waals surface area contributed by atoms with E-state index in [0.717, 1.165) is 23.1 Å². The first-order chi connectivity index (χ1) is 11.7. The molecule has 1 saturated carbocycles. The highest BCUT2D eigenvalue weighted by Crippen LogP contribution is 2.23. The Kier molecular flexibility index (Phi) is 5.19. The summed E-state index contributed by atoms with van der Waals surface area (Å²) in [6.45, 7) is 1.97. The minimum absolute atomic E-state index is 0.0227. The standard InChI is InChI=1S/C21H26N2O/c1-15-7-8-17(14-20(15)21(24)22-2)13-16-9-11-19(12-10-16)23-18-5-3-4-6-18/h7-12,14,18,23H,3-6,13H2,1-2H3,(H,22,24). The second-order valence-electron chi connectivity index (χ2n) is 6.73. The molecule has 3 heteroatoms. The summed E-state index contributed by atoms with van der Waals surface area (Å²) < 4.78 is 0. The highest BCUT2D eigenvalue weighted by molar-refractivity contribution is 5.95. The molecule has 24 heavy (non-hydrogen) atoms. The van der Waals surface area contributed by atoms with Gasteiger partial charge < -0.3 is 10.6 Å². The quantitative estimate of drug-likeness (QED) is 0.861. The Hall–Kier alpha value is -2.29. The van der Waals surface area contributed by atoms with Gasteiger partial charge in [-0.1, -0.05) is 37.1 Å². The van der Waals surface area contributed by atoms with Gasteiger partial charge in [-0.3, -0.25) is 4.79 Å². The van der Waals surface area contributed by atoms with Crippen LogP contribution in [0.3, 0.4) is 0 Å². The van der Waals surface area contributed by atoms with Gasteiger partial charge in [0.25, 0.3) is 5.91 Å². The minimum atomic E-state index is -0.0227. The maximum Gasteiger partial charge on any atom is 0.251 e. The minimum Gasteiger partial charge on any atom is -0.382 e. The molecule has 0 aromatic heterocycles. The maximum atomic E-state index is 11.9. The molecule has 2 aromatic rings. The Morgan fingerprint density at radius 2 is 1.71 bits per heavy atom. The van der Waals surface area contributed by atoms with E-state index in [1.54, 1.807) is 7.05 Å². The molecule has 3 rings (SSSR count). The van der Waals surface area contributed by atoms with Crippen molar-refractivity contribution < 1.29 is 4.79 Å². The molecule has 0 radical (unpaired) electrons. The summed E-state index contributed by atoms with van der Waals surface area (Å²) in [5.41, 5.74) is 5.40. The van der Waals surface area contributed by atoms with Gasteiger partial charge in [0.05, 0.1) is 0 Å². The fourth-order valence-corrected chi connectivity index (χ4v) is 3.42. The molecule has 0 saturated heterocycles. The van der Waals surface area contributed by atoms with Gasteiger partial charge in [0.2, 0.25) is 0 Å². The van der Waals surface area contributed by atoms with Crippen molar-refractivity contribution in [1.29, 1.82) is 0 Å². The molecule has 1 aliphatic carbocycles. The maximum absolute atomic E-state index is 11.9. The first kappa shape index (κ1) is 16.6. The molecule has 0 spiro atoms. The Bertz CT molecular complexity index is 700. The van der Waals surface area contributed by atoms with Gasteiger partial charge in [-0.05, 0) is 61.1 Å². The average molecular weight is 322 g/mol. The van der Waals surface area contributed by atoms with Crippen LogP contribution in [0.25, 0.3) is 0 Å². The van der Waals surface area contributed by atoms with Crippen molar-refractivity contribution in [2.75, 3.05) is 12.4 Å². The van der Waals surface area contributed by atoms with E-state index in [-0.39, 0.29) is 5.91 Å². The first-order valence-electron chi connectivity index (χ1n) is 8.83. The number of anilines is 1. The summed E-state index contributed by atoms with van der Waals surface area (Å²) in [6, 6.07) is 15.5. The molecule has 0 unspecified atom stereocenters. The van der Waals surface area contributed by atoms with Crippen molar-refractivity contribution in [3.8, 4) is 0 Å². The lowest BCUT2D eigenvalue weighted by Crippen LogP contribution is -2.19. The molecular formula is C21H26N2O. The van der Waals surface area contributed by atoms with Crippen LogP contribution in [0.1, 0.15) is 52.7 Å². The van der Waals surface area contributed by atoms with E-state index in [1.165, 1.54) is 36.9 Å². The number of nitrogens with one attached hydrogen (secondary N) is 2. The topological polar surface area (TPSA) is 41.1 Å². The van der Waals surface area contributed by atoms with Gasteiger partial charge in [-0.25, -0.2) is 0 Å². The summed E-state index contributed by atoms with van der Waals surface area (Å²) in [7, 11) is 1.67. The molecule has 0 atom stereocenters. The summed E-state index contributed by atoms with van der Waals surface area (Å²) >= 11 is 0. The van der Waals surface area contributed by atoms with Crippen LogP contribution in [0, 0.1) is 6.92 Å². The van der Waals surface area contributed by atoms with Crippen LogP contribution in [0.15, 0.2) is 42.5 Å². The Balaban J connectivity index is 1.68. The number of carbonyl (C=O) groups is 1. The summed E-state index contributed by atoms with van der Waals surface area (Å²) in [5, 5.41) is 6.33. The Morgan fingerprint density at radius 1 is 1.04 bits per heavy atom. The lowest BCUT2D eigenvalue weighted by Gasteiger charge is -2.14. The van der Waals surface area contributed by atoms with Gasteiger partial charge in [0, 0.05) is 24.3 Å². The fourth-order valence-electron chi connectivity index (χ4n) is 3.42. The lowest BCUT2D eigenvalue weighted by atomic mass is 9.99. The van der Waals surface area contributed by atoms with Crippen molar-refractivity contribution in [3.63, 3.8) is 0 Å². The average Bonchev–Trinajstić information content (AvgIpc) is 3.10. The SMILES string of the molecule is CNC(=O)c1cc(Cc2ccc(NC3CCCC3)cc2)ccc1C. The van der Waals surface area contributed by atoms with Crippen LogP contribution >= 0.6 is 0 Å². The predicted molar refractivity (Wildman–Crippen MR) is 99.7 cm³/mol. The summed E-state index contributed by atoms with van der Waals surface area (Å²) in [4.78, 5) is 11.9. The largest absolute Gasteiger partial charge is 0.382 e. The Labute approximate surface area is 144 Å². The highest BCUT2D eigenvalue weighted by atomic mass is 16.1. The van der Waals surface area contributed by atoms with Crippen LogP contribution in [-0.4, -0.2) is 19.0 Å². The monoisotopic (exact) mass is 322 g/mol. The number of hydrogen-bond acceptors (Lipinski definition) is 2. The number of aryl methyl sites for hydroxylation is 1. The van der Waals surface area contributed by atoms with E-state index >= 15 is 0 Å². The van der Waals surface area contributed by atoms with Gasteiger partial charge in [-0.2, -0.15) is 0 Å². The first-order valence-corrected chi connectivity index (χ1v) is 8.83. The molecule has 2 aromatic carbocycles. The van der Waals surface area contributed by atoms with Crippen molar-refractivity contribution in [1.82, 2.24) is 5.32 Å². The molecular weight excluding hydrogens is 296 g/mol. The number of amides is 1. The zero-order valence-electron chi connectivity index (χ0n) is 14.6. The zero-order valence-corrected chi connectivity index (χ0v) is 14.6. The van der Waals surface area contributed by atoms with Gasteiger partial charge in [-0.15, -0.1) is 0 Å². The molecule has 1 fully saturated rings.